The number of rotatable bonds is 5. The molecule has 1 aromatic heterocycles. The lowest BCUT2D eigenvalue weighted by atomic mass is 9.88. The Bertz CT molecular complexity index is 307. The molecule has 0 aliphatic carbocycles. The fourth-order valence-electron chi connectivity index (χ4n) is 2.27. The third kappa shape index (κ3) is 2.83. The molecule has 0 amide bonds. The molecule has 0 radical (unpaired) electrons. The van der Waals surface area contributed by atoms with Crippen molar-refractivity contribution in [2.75, 3.05) is 33.4 Å². The van der Waals surface area contributed by atoms with Crippen molar-refractivity contribution in [1.29, 1.82) is 0 Å². The molecule has 1 saturated heterocycles. The van der Waals surface area contributed by atoms with Crippen molar-refractivity contribution in [3.05, 3.63) is 22.4 Å². The van der Waals surface area contributed by atoms with E-state index in [0.29, 0.717) is 6.61 Å². The Morgan fingerprint density at radius 3 is 3.06 bits per heavy atom. The van der Waals surface area contributed by atoms with Crippen LogP contribution in [0.2, 0.25) is 0 Å². The standard InChI is InChI=1S/C12H19NO2S/c1-13(6-11-2-5-16-7-11)8-12(9-14)3-4-15-10-12/h2,5,7,14H,3-4,6,8-10H2,1H3. The second-order valence-electron chi connectivity index (χ2n) is 4.76. The lowest BCUT2D eigenvalue weighted by Crippen LogP contribution is -2.38. The molecule has 4 heteroatoms. The van der Waals surface area contributed by atoms with Gasteiger partial charge in [-0.1, -0.05) is 0 Å². The summed E-state index contributed by atoms with van der Waals surface area (Å²) in [5.41, 5.74) is 1.31. The Morgan fingerprint density at radius 2 is 2.50 bits per heavy atom. The summed E-state index contributed by atoms with van der Waals surface area (Å²) in [5.74, 6) is 0. The molecule has 2 heterocycles. The monoisotopic (exact) mass is 241 g/mol. The zero-order valence-corrected chi connectivity index (χ0v) is 10.5. The number of aliphatic hydroxyl groups excluding tert-OH is 1. The van der Waals surface area contributed by atoms with Gasteiger partial charge in [-0.3, -0.25) is 0 Å². The molecule has 1 atom stereocenters. The maximum Gasteiger partial charge on any atom is 0.0557 e. The summed E-state index contributed by atoms with van der Waals surface area (Å²) in [6.07, 6.45) is 0.970. The van der Waals surface area contributed by atoms with E-state index in [1.165, 1.54) is 5.56 Å². The largest absolute Gasteiger partial charge is 0.396 e. The van der Waals surface area contributed by atoms with E-state index in [1.807, 2.05) is 0 Å². The highest BCUT2D eigenvalue weighted by Crippen LogP contribution is 2.29. The lowest BCUT2D eigenvalue weighted by Gasteiger charge is -2.30. The van der Waals surface area contributed by atoms with E-state index >= 15 is 0 Å². The highest BCUT2D eigenvalue weighted by atomic mass is 32.1. The fourth-order valence-corrected chi connectivity index (χ4v) is 2.93. The topological polar surface area (TPSA) is 32.7 Å². The van der Waals surface area contributed by atoms with Crippen LogP contribution in [0.5, 0.6) is 0 Å². The summed E-state index contributed by atoms with van der Waals surface area (Å²) in [4.78, 5) is 2.27. The lowest BCUT2D eigenvalue weighted by molar-refractivity contribution is 0.0625. The van der Waals surface area contributed by atoms with Gasteiger partial charge < -0.3 is 14.7 Å². The van der Waals surface area contributed by atoms with Crippen LogP contribution in [-0.2, 0) is 11.3 Å². The molecule has 90 valence electrons. The third-order valence-electron chi connectivity index (χ3n) is 3.16. The Labute approximate surface area is 101 Å². The minimum Gasteiger partial charge on any atom is -0.396 e. The van der Waals surface area contributed by atoms with Crippen LogP contribution >= 0.6 is 11.3 Å². The van der Waals surface area contributed by atoms with Crippen LogP contribution in [0.1, 0.15) is 12.0 Å². The predicted molar refractivity (Wildman–Crippen MR) is 65.6 cm³/mol. The number of hydrogen-bond donors (Lipinski definition) is 1. The SMILES string of the molecule is CN(Cc1ccsc1)CC1(CO)CCOC1. The third-order valence-corrected chi connectivity index (χ3v) is 3.89. The highest BCUT2D eigenvalue weighted by Gasteiger charge is 2.35. The van der Waals surface area contributed by atoms with Crippen molar-refractivity contribution in [2.45, 2.75) is 13.0 Å². The number of hydrogen-bond acceptors (Lipinski definition) is 4. The van der Waals surface area contributed by atoms with Gasteiger partial charge in [0.25, 0.3) is 0 Å². The quantitative estimate of drug-likeness (QED) is 0.849. The fraction of sp³-hybridized carbons (Fsp3) is 0.667. The van der Waals surface area contributed by atoms with Gasteiger partial charge in [0.15, 0.2) is 0 Å². The molecule has 1 aliphatic heterocycles. The maximum absolute atomic E-state index is 9.49. The van der Waals surface area contributed by atoms with Crippen LogP contribution < -0.4 is 0 Å². The smallest absolute Gasteiger partial charge is 0.0557 e. The molecular weight excluding hydrogens is 222 g/mol. The first-order valence-corrected chi connectivity index (χ1v) is 6.57. The zero-order valence-electron chi connectivity index (χ0n) is 9.69. The van der Waals surface area contributed by atoms with Gasteiger partial charge in [0.05, 0.1) is 13.2 Å². The number of nitrogens with zero attached hydrogens (tertiary/aromatic N) is 1. The van der Waals surface area contributed by atoms with Crippen molar-refractivity contribution in [1.82, 2.24) is 4.90 Å². The second kappa shape index (κ2) is 5.27. The van der Waals surface area contributed by atoms with Crippen LogP contribution in [0.15, 0.2) is 16.8 Å². The molecule has 0 saturated carbocycles. The number of thiophene rings is 1. The van der Waals surface area contributed by atoms with Crippen molar-refractivity contribution < 1.29 is 9.84 Å². The molecule has 16 heavy (non-hydrogen) atoms. The van der Waals surface area contributed by atoms with E-state index in [1.54, 1.807) is 11.3 Å². The molecule has 0 bridgehead atoms. The van der Waals surface area contributed by atoms with E-state index in [2.05, 4.69) is 28.8 Å². The van der Waals surface area contributed by atoms with E-state index in [9.17, 15) is 5.11 Å². The van der Waals surface area contributed by atoms with Gasteiger partial charge in [0.2, 0.25) is 0 Å². The molecule has 1 fully saturated rings. The molecule has 1 unspecified atom stereocenters. The van der Waals surface area contributed by atoms with Crippen molar-refractivity contribution >= 4 is 11.3 Å². The van der Waals surface area contributed by atoms with Gasteiger partial charge in [-0.2, -0.15) is 11.3 Å². The number of ether oxygens (including phenoxy) is 1. The summed E-state index contributed by atoms with van der Waals surface area (Å²) in [5, 5.41) is 13.8. The van der Waals surface area contributed by atoms with Gasteiger partial charge in [0.1, 0.15) is 0 Å². The van der Waals surface area contributed by atoms with Gasteiger partial charge in [-0.15, -0.1) is 0 Å². The maximum atomic E-state index is 9.49. The van der Waals surface area contributed by atoms with Crippen molar-refractivity contribution in [3.63, 3.8) is 0 Å². The Hall–Kier alpha value is -0.420. The van der Waals surface area contributed by atoms with Crippen LogP contribution in [0.4, 0.5) is 0 Å². The molecule has 1 aromatic rings. The van der Waals surface area contributed by atoms with Gasteiger partial charge >= 0.3 is 0 Å². The average Bonchev–Trinajstić information content (AvgIpc) is 2.90. The molecule has 3 nitrogen and oxygen atoms in total. The summed E-state index contributed by atoms with van der Waals surface area (Å²) < 4.78 is 5.40. The molecule has 0 aromatic carbocycles. The normalized spacial score (nSPS) is 25.4. The highest BCUT2D eigenvalue weighted by molar-refractivity contribution is 7.07. The van der Waals surface area contributed by atoms with Crippen molar-refractivity contribution in [3.8, 4) is 0 Å². The average molecular weight is 241 g/mol. The van der Waals surface area contributed by atoms with Crippen LogP contribution in [0.3, 0.4) is 0 Å². The summed E-state index contributed by atoms with van der Waals surface area (Å²) >= 11 is 1.73. The summed E-state index contributed by atoms with van der Waals surface area (Å²) in [7, 11) is 2.10. The molecule has 1 N–H and O–H groups in total. The van der Waals surface area contributed by atoms with E-state index in [0.717, 1.165) is 26.1 Å². The van der Waals surface area contributed by atoms with E-state index < -0.39 is 0 Å². The minimum atomic E-state index is -0.0369. The van der Waals surface area contributed by atoms with Crippen LogP contribution in [-0.4, -0.2) is 43.4 Å². The minimum absolute atomic E-state index is 0.0369. The Morgan fingerprint density at radius 1 is 1.62 bits per heavy atom. The Kier molecular flexibility index (Phi) is 3.97. The first-order valence-electron chi connectivity index (χ1n) is 5.62. The van der Waals surface area contributed by atoms with Gasteiger partial charge in [-0.25, -0.2) is 0 Å². The van der Waals surface area contributed by atoms with Gasteiger partial charge in [0, 0.05) is 25.1 Å². The first kappa shape index (κ1) is 12.0. The predicted octanol–water partition coefficient (Wildman–Crippen LogP) is 1.58. The molecular formula is C12H19NO2S. The molecule has 0 spiro atoms. The van der Waals surface area contributed by atoms with Crippen LogP contribution in [0.25, 0.3) is 0 Å². The first-order chi connectivity index (χ1) is 7.74. The zero-order chi connectivity index (χ0) is 11.4. The number of aliphatic hydroxyl groups is 1. The Balaban J connectivity index is 1.88. The van der Waals surface area contributed by atoms with Gasteiger partial charge in [-0.05, 0) is 35.9 Å². The molecule has 2 rings (SSSR count). The summed E-state index contributed by atoms with van der Waals surface area (Å²) in [6, 6.07) is 2.15. The molecule has 1 aliphatic rings. The van der Waals surface area contributed by atoms with Crippen molar-refractivity contribution in [2.24, 2.45) is 5.41 Å². The van der Waals surface area contributed by atoms with E-state index in [4.69, 9.17) is 4.74 Å². The van der Waals surface area contributed by atoms with E-state index in [-0.39, 0.29) is 12.0 Å². The second-order valence-corrected chi connectivity index (χ2v) is 5.54. The van der Waals surface area contributed by atoms with Crippen LogP contribution in [0, 0.1) is 5.41 Å². The summed E-state index contributed by atoms with van der Waals surface area (Å²) in [6.45, 7) is 3.55.